The number of anilines is 2. The Morgan fingerprint density at radius 1 is 1.45 bits per heavy atom. The normalized spacial score (nSPS) is 14.2. The largest absolute Gasteiger partial charge is 0.465 e. The quantitative estimate of drug-likeness (QED) is 0.778. The molecule has 1 fully saturated rings. The van der Waals surface area contributed by atoms with Crippen molar-refractivity contribution in [2.45, 2.75) is 12.8 Å². The summed E-state index contributed by atoms with van der Waals surface area (Å²) in [6, 6.07) is 1.48. The van der Waals surface area contributed by atoms with Crippen LogP contribution in [0.4, 0.5) is 11.5 Å². The van der Waals surface area contributed by atoms with Crippen LogP contribution >= 0.6 is 0 Å². The third-order valence-electron chi connectivity index (χ3n) is 3.22. The number of nitrogen functional groups attached to an aromatic ring is 1. The topological polar surface area (TPSA) is 97.5 Å². The number of aromatic nitrogens is 1. The second kappa shape index (κ2) is 6.23. The number of nitrogens with two attached hydrogens (primary N) is 1. The molecule has 1 aliphatic rings. The molecule has 0 unspecified atom stereocenters. The van der Waals surface area contributed by atoms with Gasteiger partial charge in [-0.15, -0.1) is 0 Å². The Kier molecular flexibility index (Phi) is 4.39. The molecule has 1 aliphatic heterocycles. The highest BCUT2D eigenvalue weighted by Crippen LogP contribution is 2.16. The Hall–Kier alpha value is -2.31. The van der Waals surface area contributed by atoms with E-state index in [0.29, 0.717) is 5.82 Å². The molecule has 0 aromatic carbocycles. The number of hydrogen-bond donors (Lipinski definition) is 2. The van der Waals surface area contributed by atoms with Crippen LogP contribution in [0.1, 0.15) is 23.2 Å². The number of pyridine rings is 1. The molecule has 2 rings (SSSR count). The first-order valence-electron chi connectivity index (χ1n) is 6.47. The molecule has 7 nitrogen and oxygen atoms in total. The van der Waals surface area contributed by atoms with Crippen LogP contribution in [0.25, 0.3) is 0 Å². The molecule has 1 aromatic rings. The second-order valence-electron chi connectivity index (χ2n) is 4.59. The summed E-state index contributed by atoms with van der Waals surface area (Å²) in [7, 11) is 1.28. The molecule has 0 spiro atoms. The molecule has 0 bridgehead atoms. The fourth-order valence-corrected chi connectivity index (χ4v) is 2.09. The van der Waals surface area contributed by atoms with Crippen LogP contribution in [0.15, 0.2) is 12.3 Å². The minimum atomic E-state index is -0.529. The predicted molar refractivity (Wildman–Crippen MR) is 74.3 cm³/mol. The van der Waals surface area contributed by atoms with Gasteiger partial charge in [0, 0.05) is 13.1 Å². The van der Waals surface area contributed by atoms with E-state index in [2.05, 4.69) is 15.0 Å². The van der Waals surface area contributed by atoms with Gasteiger partial charge in [0.05, 0.1) is 31.1 Å². The van der Waals surface area contributed by atoms with Gasteiger partial charge < -0.3 is 20.7 Å². The van der Waals surface area contributed by atoms with E-state index in [0.717, 1.165) is 25.9 Å². The summed E-state index contributed by atoms with van der Waals surface area (Å²) in [5.41, 5.74) is 6.13. The van der Waals surface area contributed by atoms with Gasteiger partial charge in [0.2, 0.25) is 5.91 Å². The number of esters is 1. The first-order chi connectivity index (χ1) is 9.61. The van der Waals surface area contributed by atoms with Gasteiger partial charge in [0.25, 0.3) is 0 Å². The van der Waals surface area contributed by atoms with Crippen LogP contribution in [-0.2, 0) is 9.53 Å². The van der Waals surface area contributed by atoms with Crippen molar-refractivity contribution in [3.63, 3.8) is 0 Å². The number of carbonyl (C=O) groups excluding carboxylic acids is 2. The molecule has 1 saturated heterocycles. The zero-order chi connectivity index (χ0) is 14.5. The molecule has 1 amide bonds. The number of hydrogen-bond acceptors (Lipinski definition) is 6. The number of nitrogens with one attached hydrogen (secondary N) is 1. The van der Waals surface area contributed by atoms with Crippen molar-refractivity contribution >= 4 is 23.4 Å². The number of rotatable bonds is 4. The minimum Gasteiger partial charge on any atom is -0.465 e. The number of methoxy groups -OCH3 is 1. The van der Waals surface area contributed by atoms with Crippen LogP contribution in [-0.4, -0.2) is 48.5 Å². The highest BCUT2D eigenvalue weighted by molar-refractivity contribution is 5.95. The molecular weight excluding hydrogens is 260 g/mol. The van der Waals surface area contributed by atoms with Crippen molar-refractivity contribution < 1.29 is 14.3 Å². The Morgan fingerprint density at radius 3 is 2.80 bits per heavy atom. The van der Waals surface area contributed by atoms with E-state index in [4.69, 9.17) is 5.73 Å². The Bertz CT molecular complexity index is 512. The monoisotopic (exact) mass is 278 g/mol. The number of likely N-dealkylation sites (tertiary alicyclic amines) is 1. The number of ether oxygens (including phenoxy) is 1. The van der Waals surface area contributed by atoms with Gasteiger partial charge in [-0.1, -0.05) is 0 Å². The average Bonchev–Trinajstić information content (AvgIpc) is 2.99. The van der Waals surface area contributed by atoms with Crippen molar-refractivity contribution in [3.8, 4) is 0 Å². The van der Waals surface area contributed by atoms with Gasteiger partial charge in [-0.05, 0) is 18.9 Å². The summed E-state index contributed by atoms with van der Waals surface area (Å²) < 4.78 is 4.63. The summed E-state index contributed by atoms with van der Waals surface area (Å²) in [6.45, 7) is 1.77. The number of carbonyl (C=O) groups is 2. The van der Waals surface area contributed by atoms with Crippen LogP contribution in [0.2, 0.25) is 0 Å². The molecule has 108 valence electrons. The van der Waals surface area contributed by atoms with Gasteiger partial charge in [0.15, 0.2) is 0 Å². The Labute approximate surface area is 117 Å². The van der Waals surface area contributed by atoms with Gasteiger partial charge in [-0.2, -0.15) is 0 Å². The first-order valence-corrected chi connectivity index (χ1v) is 6.47. The van der Waals surface area contributed by atoms with E-state index in [9.17, 15) is 9.59 Å². The molecule has 0 radical (unpaired) electrons. The van der Waals surface area contributed by atoms with Crippen LogP contribution < -0.4 is 11.1 Å². The minimum absolute atomic E-state index is 0.0285. The van der Waals surface area contributed by atoms with Crippen LogP contribution in [0.3, 0.4) is 0 Å². The van der Waals surface area contributed by atoms with E-state index in [1.165, 1.54) is 19.4 Å². The summed E-state index contributed by atoms with van der Waals surface area (Å²) in [5, 5.41) is 2.90. The first kappa shape index (κ1) is 14.1. The third-order valence-corrected chi connectivity index (χ3v) is 3.22. The molecule has 0 aliphatic carbocycles. The van der Waals surface area contributed by atoms with Crippen molar-refractivity contribution in [3.05, 3.63) is 17.8 Å². The van der Waals surface area contributed by atoms with Crippen LogP contribution in [0, 0.1) is 0 Å². The highest BCUT2D eigenvalue weighted by atomic mass is 16.5. The SMILES string of the molecule is COC(=O)c1cc(NCC(=O)N2CCCC2)ncc1N. The molecular formula is C13H18N4O3. The zero-order valence-electron chi connectivity index (χ0n) is 11.4. The maximum absolute atomic E-state index is 11.9. The summed E-state index contributed by atoms with van der Waals surface area (Å²) in [6.07, 6.45) is 3.48. The second-order valence-corrected chi connectivity index (χ2v) is 4.59. The van der Waals surface area contributed by atoms with Crippen molar-refractivity contribution in [1.82, 2.24) is 9.88 Å². The molecule has 20 heavy (non-hydrogen) atoms. The Morgan fingerprint density at radius 2 is 2.15 bits per heavy atom. The standard InChI is InChI=1S/C13H18N4O3/c1-20-13(19)9-6-11(15-7-10(9)14)16-8-12(18)17-4-2-3-5-17/h6-7H,2-5,8,14H2,1H3,(H,15,16). The molecule has 0 saturated carbocycles. The predicted octanol–water partition coefficient (Wildman–Crippen LogP) is 0.485. The van der Waals surface area contributed by atoms with E-state index in [-0.39, 0.29) is 23.7 Å². The van der Waals surface area contributed by atoms with E-state index in [1.54, 1.807) is 0 Å². The molecule has 1 aromatic heterocycles. The fourth-order valence-electron chi connectivity index (χ4n) is 2.09. The summed E-state index contributed by atoms with van der Waals surface area (Å²) in [4.78, 5) is 29.2. The molecule has 7 heteroatoms. The number of nitrogens with zero attached hydrogens (tertiary/aromatic N) is 2. The maximum atomic E-state index is 11.9. The van der Waals surface area contributed by atoms with Gasteiger partial charge in [-0.25, -0.2) is 9.78 Å². The number of amides is 1. The van der Waals surface area contributed by atoms with E-state index < -0.39 is 5.97 Å². The average molecular weight is 278 g/mol. The van der Waals surface area contributed by atoms with E-state index in [1.807, 2.05) is 4.90 Å². The lowest BCUT2D eigenvalue weighted by Crippen LogP contribution is -2.33. The fraction of sp³-hybridized carbons (Fsp3) is 0.462. The smallest absolute Gasteiger partial charge is 0.340 e. The van der Waals surface area contributed by atoms with Crippen molar-refractivity contribution in [2.75, 3.05) is 37.8 Å². The van der Waals surface area contributed by atoms with Crippen molar-refractivity contribution in [1.29, 1.82) is 0 Å². The summed E-state index contributed by atoms with van der Waals surface area (Å²) in [5.74, 6) is -0.0771. The highest BCUT2D eigenvalue weighted by Gasteiger charge is 2.18. The summed E-state index contributed by atoms with van der Waals surface area (Å²) >= 11 is 0. The maximum Gasteiger partial charge on any atom is 0.340 e. The third kappa shape index (κ3) is 3.17. The van der Waals surface area contributed by atoms with Gasteiger partial charge in [-0.3, -0.25) is 4.79 Å². The molecule has 2 heterocycles. The molecule has 0 atom stereocenters. The lowest BCUT2D eigenvalue weighted by molar-refractivity contribution is -0.128. The lowest BCUT2D eigenvalue weighted by atomic mass is 10.2. The molecule has 3 N–H and O–H groups in total. The zero-order valence-corrected chi connectivity index (χ0v) is 11.4. The van der Waals surface area contributed by atoms with Crippen molar-refractivity contribution in [2.24, 2.45) is 0 Å². The lowest BCUT2D eigenvalue weighted by Gasteiger charge is -2.16. The van der Waals surface area contributed by atoms with Crippen LogP contribution in [0.5, 0.6) is 0 Å². The van der Waals surface area contributed by atoms with E-state index >= 15 is 0 Å². The van der Waals surface area contributed by atoms with Gasteiger partial charge >= 0.3 is 5.97 Å². The van der Waals surface area contributed by atoms with Gasteiger partial charge in [0.1, 0.15) is 5.82 Å². The Balaban J connectivity index is 1.99.